The summed E-state index contributed by atoms with van der Waals surface area (Å²) in [6, 6.07) is -2.03. The van der Waals surface area contributed by atoms with E-state index in [9.17, 15) is 29.8 Å². The highest BCUT2D eigenvalue weighted by molar-refractivity contribution is 6.63. The molecule has 2 atom stereocenters. The minimum absolute atomic E-state index is 0.00310. The van der Waals surface area contributed by atoms with Crippen LogP contribution in [0.15, 0.2) is 0 Å². The summed E-state index contributed by atoms with van der Waals surface area (Å²) in [6.07, 6.45) is 0.247. The number of hydrogen-bond acceptors (Lipinski definition) is 6. The van der Waals surface area contributed by atoms with Gasteiger partial charge in [-0.2, -0.15) is 0 Å². The van der Waals surface area contributed by atoms with Crippen molar-refractivity contribution in [3.63, 3.8) is 0 Å². The molecule has 9 nitrogen and oxygen atoms in total. The number of hydrogen-bond donors (Lipinski definition) is 1. The van der Waals surface area contributed by atoms with Crippen molar-refractivity contribution in [2.75, 3.05) is 6.54 Å². The maximum absolute atomic E-state index is 10.8. The first kappa shape index (κ1) is 19.5. The van der Waals surface area contributed by atoms with E-state index >= 15 is 0 Å². The van der Waals surface area contributed by atoms with Crippen molar-refractivity contribution < 1.29 is 19.4 Å². The molecule has 11 heteroatoms. The third-order valence-electron chi connectivity index (χ3n) is 2.82. The Balaban J connectivity index is 4.24. The molecule has 120 valence electrons. The van der Waals surface area contributed by atoms with Crippen molar-refractivity contribution in [1.29, 1.82) is 0 Å². The lowest BCUT2D eigenvalue weighted by Crippen LogP contribution is -2.34. The Kier molecular flexibility index (Phi) is 9.55. The first-order valence-electron chi connectivity index (χ1n) is 6.12. The fraction of sp³-hybridized carbons (Fsp3) is 0.800. The molecule has 0 aliphatic heterocycles. The van der Waals surface area contributed by atoms with Crippen LogP contribution in [0, 0.1) is 20.2 Å². The van der Waals surface area contributed by atoms with Crippen LogP contribution in [0.5, 0.6) is 0 Å². The number of carbonyl (C=O) groups is 2. The number of halogens is 2. The van der Waals surface area contributed by atoms with Crippen LogP contribution in [0.3, 0.4) is 0 Å². The molecule has 0 heterocycles. The van der Waals surface area contributed by atoms with Crippen molar-refractivity contribution in [3.8, 4) is 0 Å². The van der Waals surface area contributed by atoms with E-state index in [2.05, 4.69) is 5.32 Å². The highest BCUT2D eigenvalue weighted by Gasteiger charge is 2.24. The van der Waals surface area contributed by atoms with Crippen LogP contribution in [-0.4, -0.2) is 39.1 Å². The molecule has 1 amide bonds. The summed E-state index contributed by atoms with van der Waals surface area (Å²) < 4.78 is 0. The number of carbonyl (C=O) groups excluding carboxylic acids is 2. The minimum atomic E-state index is -1.06. The van der Waals surface area contributed by atoms with Gasteiger partial charge in [0.15, 0.2) is 0 Å². The van der Waals surface area contributed by atoms with Crippen molar-refractivity contribution in [3.05, 3.63) is 20.2 Å². The second kappa shape index (κ2) is 10.3. The van der Waals surface area contributed by atoms with Crippen LogP contribution in [-0.2, 0) is 4.79 Å². The lowest BCUT2D eigenvalue weighted by atomic mass is 10.0. The fourth-order valence-corrected chi connectivity index (χ4v) is 1.89. The second-order valence-corrected chi connectivity index (χ2v) is 5.12. The van der Waals surface area contributed by atoms with Gasteiger partial charge in [0.1, 0.15) is 0 Å². The van der Waals surface area contributed by atoms with Crippen molar-refractivity contribution >= 4 is 33.8 Å². The van der Waals surface area contributed by atoms with Gasteiger partial charge in [-0.3, -0.25) is 29.8 Å². The van der Waals surface area contributed by atoms with Crippen LogP contribution in [0.25, 0.3) is 0 Å². The van der Waals surface area contributed by atoms with Gasteiger partial charge in [-0.05, 0) is 29.6 Å². The number of nitrogens with one attached hydrogen (secondary N) is 1. The fourth-order valence-electron chi connectivity index (χ4n) is 1.70. The van der Waals surface area contributed by atoms with E-state index in [1.807, 2.05) is 0 Å². The zero-order chi connectivity index (χ0) is 16.4. The molecule has 0 aromatic rings. The molecule has 0 saturated carbocycles. The highest BCUT2D eigenvalue weighted by Crippen LogP contribution is 2.13. The Morgan fingerprint density at radius 2 is 1.52 bits per heavy atom. The lowest BCUT2D eigenvalue weighted by molar-refractivity contribution is -0.528. The zero-order valence-corrected chi connectivity index (χ0v) is 12.5. The average Bonchev–Trinajstić information content (AvgIpc) is 2.35. The van der Waals surface area contributed by atoms with Crippen LogP contribution >= 0.6 is 23.2 Å². The minimum Gasteiger partial charge on any atom is -0.336 e. The predicted molar refractivity (Wildman–Crippen MR) is 74.8 cm³/mol. The van der Waals surface area contributed by atoms with Gasteiger partial charge in [0.25, 0.3) is 0 Å². The number of nitrogens with zero attached hydrogens (tertiary/aromatic N) is 2. The van der Waals surface area contributed by atoms with E-state index < -0.39 is 32.5 Å². The van der Waals surface area contributed by atoms with E-state index in [-0.39, 0.29) is 38.6 Å². The molecule has 0 fully saturated rings. The molecular formula is C10H15Cl2N3O6. The van der Waals surface area contributed by atoms with Crippen LogP contribution < -0.4 is 5.32 Å². The third kappa shape index (κ3) is 9.97. The van der Waals surface area contributed by atoms with E-state index in [4.69, 9.17) is 23.2 Å². The molecule has 0 rings (SSSR count). The summed E-state index contributed by atoms with van der Waals surface area (Å²) in [5, 5.41) is 22.1. The normalized spacial score (nSPS) is 13.2. The van der Waals surface area contributed by atoms with Gasteiger partial charge in [-0.15, -0.1) is 0 Å². The first-order chi connectivity index (χ1) is 9.73. The van der Waals surface area contributed by atoms with E-state index in [1.165, 1.54) is 0 Å². The maximum atomic E-state index is 10.8. The van der Waals surface area contributed by atoms with Crippen molar-refractivity contribution in [2.24, 2.45) is 0 Å². The summed E-state index contributed by atoms with van der Waals surface area (Å²) in [4.78, 5) is 41.5. The maximum Gasteiger partial charge on any atom is 0.314 e. The molecule has 21 heavy (non-hydrogen) atoms. The lowest BCUT2D eigenvalue weighted by Gasteiger charge is -2.11. The monoisotopic (exact) mass is 343 g/mol. The highest BCUT2D eigenvalue weighted by atomic mass is 35.5. The average molecular weight is 344 g/mol. The Morgan fingerprint density at radius 3 is 1.95 bits per heavy atom. The molecule has 2 unspecified atom stereocenters. The van der Waals surface area contributed by atoms with Crippen LogP contribution in [0.4, 0.5) is 4.79 Å². The molecule has 0 aromatic heterocycles. The first-order valence-corrected chi connectivity index (χ1v) is 6.88. The molecule has 0 aliphatic carbocycles. The standard InChI is InChI=1S/C10H15Cl2N3O6/c11-9(16)5-4-7(14(18)19)2-1-3-8(15(20)21)6-13-10(12)17/h7-8H,1-6H2,(H,13,17). The molecule has 0 bridgehead atoms. The Hall–Kier alpha value is -1.48. The molecule has 0 radical (unpaired) electrons. The Bertz CT molecular complexity index is 370. The van der Waals surface area contributed by atoms with Crippen molar-refractivity contribution in [2.45, 2.75) is 44.2 Å². The predicted octanol–water partition coefficient (Wildman–Crippen LogP) is 1.94. The van der Waals surface area contributed by atoms with E-state index in [1.54, 1.807) is 0 Å². The topological polar surface area (TPSA) is 132 Å². The van der Waals surface area contributed by atoms with Crippen molar-refractivity contribution in [1.82, 2.24) is 5.32 Å². The second-order valence-electron chi connectivity index (χ2n) is 4.36. The van der Waals surface area contributed by atoms with Gasteiger partial charge >= 0.3 is 5.37 Å². The number of nitro groups is 2. The molecule has 1 N–H and O–H groups in total. The Labute approximate surface area is 130 Å². The van der Waals surface area contributed by atoms with Gasteiger partial charge in [0.2, 0.25) is 17.3 Å². The summed E-state index contributed by atoms with van der Waals surface area (Å²) >= 11 is 10.1. The number of amides is 1. The zero-order valence-electron chi connectivity index (χ0n) is 11.0. The van der Waals surface area contributed by atoms with Gasteiger partial charge < -0.3 is 5.32 Å². The van der Waals surface area contributed by atoms with Gasteiger partial charge in [0, 0.05) is 35.5 Å². The quantitative estimate of drug-likeness (QED) is 0.264. The van der Waals surface area contributed by atoms with Gasteiger partial charge in [0.05, 0.1) is 6.54 Å². The molecular weight excluding hydrogens is 329 g/mol. The molecule has 0 aromatic carbocycles. The Morgan fingerprint density at radius 1 is 1.00 bits per heavy atom. The molecule has 0 aliphatic rings. The third-order valence-corrected chi connectivity index (χ3v) is 3.14. The van der Waals surface area contributed by atoms with E-state index in [0.29, 0.717) is 0 Å². The molecule has 0 saturated heterocycles. The SMILES string of the molecule is O=C(Cl)CCC(CCCC(CNC(=O)Cl)[N+](=O)[O-])[N+](=O)[O-]. The summed E-state index contributed by atoms with van der Waals surface area (Å²) in [6.45, 7) is -0.237. The summed E-state index contributed by atoms with van der Waals surface area (Å²) in [5.74, 6) is 0. The van der Waals surface area contributed by atoms with Crippen LogP contribution in [0.2, 0.25) is 0 Å². The van der Waals surface area contributed by atoms with Gasteiger partial charge in [-0.1, -0.05) is 0 Å². The smallest absolute Gasteiger partial charge is 0.314 e. The van der Waals surface area contributed by atoms with Crippen LogP contribution in [0.1, 0.15) is 32.1 Å². The summed E-state index contributed by atoms with van der Waals surface area (Å²) in [5.41, 5.74) is 0. The number of rotatable bonds is 11. The summed E-state index contributed by atoms with van der Waals surface area (Å²) in [7, 11) is 0. The van der Waals surface area contributed by atoms with Gasteiger partial charge in [-0.25, -0.2) is 0 Å². The largest absolute Gasteiger partial charge is 0.336 e. The van der Waals surface area contributed by atoms with E-state index in [0.717, 1.165) is 0 Å². The molecule has 0 spiro atoms.